The molecule has 0 radical (unpaired) electrons. The van der Waals surface area contributed by atoms with Crippen molar-refractivity contribution in [1.29, 1.82) is 10.5 Å². The largest absolute Gasteiger partial charge is 0.299 e. The number of benzene rings is 1. The fraction of sp³-hybridized carbons (Fsp3) is 0.375. The van der Waals surface area contributed by atoms with Crippen LogP contribution in [0.3, 0.4) is 0 Å². The first kappa shape index (κ1) is 13.3. The lowest BCUT2D eigenvalue weighted by Gasteiger charge is -2.26. The smallest absolute Gasteiger partial charge is 0.130 e. The minimum Gasteiger partial charge on any atom is -0.299 e. The third-order valence-corrected chi connectivity index (χ3v) is 3.36. The predicted octanol–water partition coefficient (Wildman–Crippen LogP) is 3.10. The van der Waals surface area contributed by atoms with Gasteiger partial charge in [0.15, 0.2) is 0 Å². The van der Waals surface area contributed by atoms with E-state index < -0.39 is 0 Å². The van der Waals surface area contributed by atoms with Crippen LogP contribution < -0.4 is 0 Å². The summed E-state index contributed by atoms with van der Waals surface area (Å²) >= 11 is 0. The molecule has 0 saturated carbocycles. The van der Waals surface area contributed by atoms with Gasteiger partial charge in [0.05, 0.1) is 0 Å². The molecule has 1 aliphatic heterocycles. The fourth-order valence-corrected chi connectivity index (χ4v) is 2.41. The van der Waals surface area contributed by atoms with Crippen LogP contribution in [0.1, 0.15) is 30.4 Å². The zero-order valence-corrected chi connectivity index (χ0v) is 11.0. The number of hydrogen-bond donors (Lipinski definition) is 0. The van der Waals surface area contributed by atoms with Crippen LogP contribution in [0, 0.1) is 22.7 Å². The van der Waals surface area contributed by atoms with E-state index in [9.17, 15) is 0 Å². The van der Waals surface area contributed by atoms with Crippen molar-refractivity contribution >= 4 is 6.08 Å². The molecule has 0 atom stereocenters. The van der Waals surface area contributed by atoms with Gasteiger partial charge in [-0.2, -0.15) is 10.5 Å². The average Bonchev–Trinajstić information content (AvgIpc) is 2.46. The van der Waals surface area contributed by atoms with Gasteiger partial charge in [0.25, 0.3) is 0 Å². The summed E-state index contributed by atoms with van der Waals surface area (Å²) in [6.45, 7) is 3.29. The summed E-state index contributed by atoms with van der Waals surface area (Å²) in [4.78, 5) is 2.46. The lowest BCUT2D eigenvalue weighted by molar-refractivity contribution is 0.221. The minimum absolute atomic E-state index is 0.148. The van der Waals surface area contributed by atoms with E-state index in [1.807, 2.05) is 24.3 Å². The summed E-state index contributed by atoms with van der Waals surface area (Å²) in [5, 5.41) is 17.5. The van der Waals surface area contributed by atoms with Crippen LogP contribution in [-0.4, -0.2) is 18.0 Å². The van der Waals surface area contributed by atoms with Crippen LogP contribution in [0.2, 0.25) is 0 Å². The number of nitrogens with zero attached hydrogens (tertiary/aromatic N) is 3. The minimum atomic E-state index is 0.148. The molecule has 1 aromatic rings. The Morgan fingerprint density at radius 1 is 1.16 bits per heavy atom. The van der Waals surface area contributed by atoms with Gasteiger partial charge in [0, 0.05) is 6.54 Å². The molecule has 2 rings (SSSR count). The lowest BCUT2D eigenvalue weighted by Crippen LogP contribution is -2.29. The Balaban J connectivity index is 2.09. The van der Waals surface area contributed by atoms with Gasteiger partial charge in [-0.3, -0.25) is 4.90 Å². The van der Waals surface area contributed by atoms with Crippen molar-refractivity contribution in [2.24, 2.45) is 0 Å². The van der Waals surface area contributed by atoms with E-state index in [0.717, 1.165) is 12.1 Å². The summed E-state index contributed by atoms with van der Waals surface area (Å²) in [6, 6.07) is 11.9. The molecule has 0 aromatic heterocycles. The molecule has 19 heavy (non-hydrogen) atoms. The van der Waals surface area contributed by atoms with E-state index in [1.54, 1.807) is 6.08 Å². The van der Waals surface area contributed by atoms with Crippen LogP contribution in [-0.2, 0) is 6.54 Å². The van der Waals surface area contributed by atoms with Crippen LogP contribution >= 0.6 is 0 Å². The molecule has 0 N–H and O–H groups in total. The monoisotopic (exact) mass is 251 g/mol. The van der Waals surface area contributed by atoms with Crippen molar-refractivity contribution in [1.82, 2.24) is 4.90 Å². The number of nitriles is 2. The van der Waals surface area contributed by atoms with Gasteiger partial charge in [-0.25, -0.2) is 0 Å². The Kier molecular flexibility index (Phi) is 4.72. The second kappa shape index (κ2) is 6.73. The molecule has 0 amide bonds. The summed E-state index contributed by atoms with van der Waals surface area (Å²) in [7, 11) is 0. The Morgan fingerprint density at radius 3 is 2.58 bits per heavy atom. The molecule has 1 aliphatic rings. The molecule has 1 saturated heterocycles. The van der Waals surface area contributed by atoms with Crippen LogP contribution in [0.15, 0.2) is 29.8 Å². The van der Waals surface area contributed by atoms with Gasteiger partial charge in [0.1, 0.15) is 17.7 Å². The van der Waals surface area contributed by atoms with Crippen molar-refractivity contribution in [3.63, 3.8) is 0 Å². The third-order valence-electron chi connectivity index (χ3n) is 3.36. The van der Waals surface area contributed by atoms with Gasteiger partial charge in [0.2, 0.25) is 0 Å². The Hall–Kier alpha value is -2.10. The highest BCUT2D eigenvalue weighted by Crippen LogP contribution is 2.15. The molecule has 0 spiro atoms. The molecule has 3 nitrogen and oxygen atoms in total. The molecular formula is C16H17N3. The van der Waals surface area contributed by atoms with E-state index >= 15 is 0 Å². The quantitative estimate of drug-likeness (QED) is 0.776. The average molecular weight is 251 g/mol. The van der Waals surface area contributed by atoms with Crippen LogP contribution in [0.5, 0.6) is 0 Å². The first-order valence-corrected chi connectivity index (χ1v) is 6.65. The summed E-state index contributed by atoms with van der Waals surface area (Å²) in [5.41, 5.74) is 2.31. The number of likely N-dealkylation sites (tertiary alicyclic amines) is 1. The topological polar surface area (TPSA) is 50.8 Å². The lowest BCUT2D eigenvalue weighted by atomic mass is 10.1. The normalized spacial score (nSPS) is 15.3. The van der Waals surface area contributed by atoms with E-state index in [-0.39, 0.29) is 5.57 Å². The van der Waals surface area contributed by atoms with Crippen molar-refractivity contribution in [2.75, 3.05) is 13.1 Å². The van der Waals surface area contributed by atoms with Crippen LogP contribution in [0.25, 0.3) is 6.08 Å². The Bertz CT molecular complexity index is 524. The zero-order chi connectivity index (χ0) is 13.5. The Labute approximate surface area is 114 Å². The second-order valence-corrected chi connectivity index (χ2v) is 4.86. The Morgan fingerprint density at radius 2 is 1.89 bits per heavy atom. The number of allylic oxidation sites excluding steroid dienone is 1. The SMILES string of the molecule is N#CC(C#N)=Cc1cccc(CN2CCCCC2)c1. The first-order valence-electron chi connectivity index (χ1n) is 6.65. The number of rotatable bonds is 3. The first-order chi connectivity index (χ1) is 9.31. The summed E-state index contributed by atoms with van der Waals surface area (Å²) in [6.07, 6.45) is 5.55. The molecule has 96 valence electrons. The van der Waals surface area contributed by atoms with Crippen molar-refractivity contribution < 1.29 is 0 Å². The number of piperidine rings is 1. The molecule has 0 unspecified atom stereocenters. The maximum atomic E-state index is 8.77. The van der Waals surface area contributed by atoms with Gasteiger partial charge in [-0.05, 0) is 43.1 Å². The molecule has 3 heteroatoms. The highest BCUT2D eigenvalue weighted by molar-refractivity contribution is 5.62. The van der Waals surface area contributed by atoms with Gasteiger partial charge < -0.3 is 0 Å². The highest BCUT2D eigenvalue weighted by atomic mass is 15.1. The molecule has 1 heterocycles. The van der Waals surface area contributed by atoms with Crippen molar-refractivity contribution in [3.8, 4) is 12.1 Å². The zero-order valence-electron chi connectivity index (χ0n) is 11.0. The number of hydrogen-bond acceptors (Lipinski definition) is 3. The van der Waals surface area contributed by atoms with Crippen LogP contribution in [0.4, 0.5) is 0 Å². The van der Waals surface area contributed by atoms with E-state index in [0.29, 0.717) is 0 Å². The second-order valence-electron chi connectivity index (χ2n) is 4.86. The maximum absolute atomic E-state index is 8.77. The highest BCUT2D eigenvalue weighted by Gasteiger charge is 2.10. The van der Waals surface area contributed by atoms with Gasteiger partial charge in [-0.1, -0.05) is 30.7 Å². The van der Waals surface area contributed by atoms with E-state index in [1.165, 1.54) is 37.9 Å². The molecule has 1 fully saturated rings. The van der Waals surface area contributed by atoms with Crippen molar-refractivity contribution in [3.05, 3.63) is 41.0 Å². The molecule has 0 aliphatic carbocycles. The maximum Gasteiger partial charge on any atom is 0.130 e. The standard InChI is InChI=1S/C16H17N3/c17-11-16(12-18)10-14-5-4-6-15(9-14)13-19-7-2-1-3-8-19/h4-6,9-10H,1-3,7-8,13H2. The third kappa shape index (κ3) is 3.95. The fourth-order valence-electron chi connectivity index (χ4n) is 2.41. The summed E-state index contributed by atoms with van der Waals surface area (Å²) < 4.78 is 0. The van der Waals surface area contributed by atoms with E-state index in [4.69, 9.17) is 10.5 Å². The predicted molar refractivity (Wildman–Crippen MR) is 74.8 cm³/mol. The van der Waals surface area contributed by atoms with E-state index in [2.05, 4.69) is 17.0 Å². The van der Waals surface area contributed by atoms with Crippen molar-refractivity contribution in [2.45, 2.75) is 25.8 Å². The molecular weight excluding hydrogens is 234 g/mol. The summed E-state index contributed by atoms with van der Waals surface area (Å²) in [5.74, 6) is 0. The molecule has 0 bridgehead atoms. The van der Waals surface area contributed by atoms with Gasteiger partial charge >= 0.3 is 0 Å². The molecule has 1 aromatic carbocycles. The van der Waals surface area contributed by atoms with Gasteiger partial charge in [-0.15, -0.1) is 0 Å².